The number of halogens is 1. The Morgan fingerprint density at radius 2 is 2.28 bits per heavy atom. The third-order valence-electron chi connectivity index (χ3n) is 2.59. The van der Waals surface area contributed by atoms with E-state index in [0.717, 1.165) is 5.56 Å². The van der Waals surface area contributed by atoms with Gasteiger partial charge in [0, 0.05) is 31.9 Å². The van der Waals surface area contributed by atoms with Crippen LogP contribution in [0.4, 0.5) is 4.39 Å². The van der Waals surface area contributed by atoms with Crippen molar-refractivity contribution in [3.05, 3.63) is 53.1 Å². The lowest BCUT2D eigenvalue weighted by molar-refractivity contribution is 0.619. The van der Waals surface area contributed by atoms with Gasteiger partial charge in [0.2, 0.25) is 0 Å². The van der Waals surface area contributed by atoms with E-state index in [0.29, 0.717) is 24.2 Å². The van der Waals surface area contributed by atoms with E-state index < -0.39 is 0 Å². The minimum atomic E-state index is -0.327. The van der Waals surface area contributed by atoms with Gasteiger partial charge in [-0.25, -0.2) is 4.39 Å². The van der Waals surface area contributed by atoms with Crippen molar-refractivity contribution >= 4 is 0 Å². The SMILES string of the molecule is Cn1cc(CNCc2cc(F)ccc2C#N)cn1. The molecule has 5 heteroatoms. The average Bonchev–Trinajstić information content (AvgIpc) is 2.75. The molecule has 1 aromatic heterocycles. The largest absolute Gasteiger partial charge is 0.308 e. The summed E-state index contributed by atoms with van der Waals surface area (Å²) in [6, 6.07) is 6.23. The maximum atomic E-state index is 13.1. The lowest BCUT2D eigenvalue weighted by Crippen LogP contribution is -2.13. The van der Waals surface area contributed by atoms with Crippen molar-refractivity contribution in [1.29, 1.82) is 5.26 Å². The maximum Gasteiger partial charge on any atom is 0.123 e. The molecule has 4 nitrogen and oxygen atoms in total. The molecule has 1 heterocycles. The van der Waals surface area contributed by atoms with Gasteiger partial charge in [0.25, 0.3) is 0 Å². The number of hydrogen-bond acceptors (Lipinski definition) is 3. The first-order chi connectivity index (χ1) is 8.69. The van der Waals surface area contributed by atoms with Crippen LogP contribution in [0, 0.1) is 17.1 Å². The van der Waals surface area contributed by atoms with Crippen molar-refractivity contribution in [2.24, 2.45) is 7.05 Å². The Kier molecular flexibility index (Phi) is 3.70. The van der Waals surface area contributed by atoms with Gasteiger partial charge in [-0.05, 0) is 23.8 Å². The van der Waals surface area contributed by atoms with Crippen molar-refractivity contribution < 1.29 is 4.39 Å². The number of nitrogens with one attached hydrogen (secondary N) is 1. The smallest absolute Gasteiger partial charge is 0.123 e. The fourth-order valence-corrected chi connectivity index (χ4v) is 1.72. The highest BCUT2D eigenvalue weighted by molar-refractivity contribution is 5.37. The zero-order valence-electron chi connectivity index (χ0n) is 10.0. The monoisotopic (exact) mass is 244 g/mol. The summed E-state index contributed by atoms with van der Waals surface area (Å²) in [5.74, 6) is -0.327. The minimum Gasteiger partial charge on any atom is -0.308 e. The van der Waals surface area contributed by atoms with Gasteiger partial charge in [0.05, 0.1) is 17.8 Å². The summed E-state index contributed by atoms with van der Waals surface area (Å²) in [7, 11) is 1.85. The molecule has 0 aliphatic rings. The highest BCUT2D eigenvalue weighted by Gasteiger charge is 2.03. The molecule has 0 spiro atoms. The Bertz CT molecular complexity index is 583. The van der Waals surface area contributed by atoms with E-state index >= 15 is 0 Å². The number of benzene rings is 1. The van der Waals surface area contributed by atoms with E-state index in [1.807, 2.05) is 13.2 Å². The van der Waals surface area contributed by atoms with Crippen LogP contribution in [0.5, 0.6) is 0 Å². The van der Waals surface area contributed by atoms with Crippen LogP contribution in [0.1, 0.15) is 16.7 Å². The molecule has 0 unspecified atom stereocenters. The molecule has 0 aliphatic heterocycles. The fourth-order valence-electron chi connectivity index (χ4n) is 1.72. The molecule has 18 heavy (non-hydrogen) atoms. The van der Waals surface area contributed by atoms with Gasteiger partial charge in [0.15, 0.2) is 0 Å². The molecule has 0 saturated heterocycles. The van der Waals surface area contributed by atoms with Gasteiger partial charge in [-0.3, -0.25) is 4.68 Å². The van der Waals surface area contributed by atoms with Gasteiger partial charge >= 0.3 is 0 Å². The third kappa shape index (κ3) is 2.93. The molecule has 0 fully saturated rings. The highest BCUT2D eigenvalue weighted by Crippen LogP contribution is 2.10. The predicted molar refractivity (Wildman–Crippen MR) is 64.9 cm³/mol. The van der Waals surface area contributed by atoms with Crippen LogP contribution in [0.15, 0.2) is 30.6 Å². The average molecular weight is 244 g/mol. The number of aromatic nitrogens is 2. The molecule has 0 radical (unpaired) electrons. The lowest BCUT2D eigenvalue weighted by atomic mass is 10.1. The van der Waals surface area contributed by atoms with Crippen LogP contribution in [0.2, 0.25) is 0 Å². The summed E-state index contributed by atoms with van der Waals surface area (Å²) in [6.07, 6.45) is 3.67. The number of hydrogen-bond donors (Lipinski definition) is 1. The molecular weight excluding hydrogens is 231 g/mol. The topological polar surface area (TPSA) is 53.6 Å². The summed E-state index contributed by atoms with van der Waals surface area (Å²) < 4.78 is 14.8. The molecule has 0 atom stereocenters. The summed E-state index contributed by atoms with van der Waals surface area (Å²) in [4.78, 5) is 0. The second-order valence-electron chi connectivity index (χ2n) is 4.04. The molecule has 2 rings (SSSR count). The Morgan fingerprint density at radius 3 is 2.94 bits per heavy atom. The number of nitriles is 1. The van der Waals surface area contributed by atoms with E-state index in [2.05, 4.69) is 16.5 Å². The molecule has 1 N–H and O–H groups in total. The maximum absolute atomic E-state index is 13.1. The molecule has 2 aromatic rings. The third-order valence-corrected chi connectivity index (χ3v) is 2.59. The number of rotatable bonds is 4. The van der Waals surface area contributed by atoms with Gasteiger partial charge < -0.3 is 5.32 Å². The summed E-state index contributed by atoms with van der Waals surface area (Å²) in [5.41, 5.74) is 2.21. The van der Waals surface area contributed by atoms with Crippen LogP contribution < -0.4 is 5.32 Å². The Morgan fingerprint density at radius 1 is 1.44 bits per heavy atom. The predicted octanol–water partition coefficient (Wildman–Crippen LogP) is 1.72. The Hall–Kier alpha value is -2.19. The van der Waals surface area contributed by atoms with Crippen LogP contribution in [0.25, 0.3) is 0 Å². The zero-order valence-corrected chi connectivity index (χ0v) is 10.0. The van der Waals surface area contributed by atoms with Crippen molar-refractivity contribution in [3.8, 4) is 6.07 Å². The van der Waals surface area contributed by atoms with E-state index in [1.165, 1.54) is 18.2 Å². The van der Waals surface area contributed by atoms with E-state index in [4.69, 9.17) is 5.26 Å². The van der Waals surface area contributed by atoms with Crippen LogP contribution in [0.3, 0.4) is 0 Å². The summed E-state index contributed by atoms with van der Waals surface area (Å²) >= 11 is 0. The lowest BCUT2D eigenvalue weighted by Gasteiger charge is -2.05. The first-order valence-corrected chi connectivity index (χ1v) is 5.56. The van der Waals surface area contributed by atoms with Crippen molar-refractivity contribution in [2.45, 2.75) is 13.1 Å². The Balaban J connectivity index is 1.98. The van der Waals surface area contributed by atoms with Crippen molar-refractivity contribution in [2.75, 3.05) is 0 Å². The Labute approximate surface area is 105 Å². The summed E-state index contributed by atoms with van der Waals surface area (Å²) in [5, 5.41) is 16.1. The molecule has 0 bridgehead atoms. The standard InChI is InChI=1S/C13H13FN4/c1-18-9-10(7-17-18)6-16-8-12-4-13(14)3-2-11(12)5-15/h2-4,7,9,16H,6,8H2,1H3. The quantitative estimate of drug-likeness (QED) is 0.891. The molecule has 0 saturated carbocycles. The second-order valence-corrected chi connectivity index (χ2v) is 4.04. The molecule has 1 aromatic carbocycles. The number of aryl methyl sites for hydroxylation is 1. The number of nitrogens with zero attached hydrogens (tertiary/aromatic N) is 3. The molecule has 0 aliphatic carbocycles. The first kappa shape index (κ1) is 12.3. The first-order valence-electron chi connectivity index (χ1n) is 5.56. The fraction of sp³-hybridized carbons (Fsp3) is 0.231. The van der Waals surface area contributed by atoms with Gasteiger partial charge in [-0.15, -0.1) is 0 Å². The molecular formula is C13H13FN4. The van der Waals surface area contributed by atoms with Gasteiger partial charge in [0.1, 0.15) is 5.82 Å². The summed E-state index contributed by atoms with van der Waals surface area (Å²) in [6.45, 7) is 1.09. The van der Waals surface area contributed by atoms with Crippen molar-refractivity contribution in [1.82, 2.24) is 15.1 Å². The zero-order chi connectivity index (χ0) is 13.0. The van der Waals surface area contributed by atoms with E-state index in [9.17, 15) is 4.39 Å². The normalized spacial score (nSPS) is 10.3. The van der Waals surface area contributed by atoms with Gasteiger partial charge in [-0.1, -0.05) is 0 Å². The van der Waals surface area contributed by atoms with Crippen LogP contribution in [-0.2, 0) is 20.1 Å². The highest BCUT2D eigenvalue weighted by atomic mass is 19.1. The van der Waals surface area contributed by atoms with Crippen molar-refractivity contribution in [3.63, 3.8) is 0 Å². The van der Waals surface area contributed by atoms with Gasteiger partial charge in [-0.2, -0.15) is 10.4 Å². The second kappa shape index (κ2) is 5.43. The minimum absolute atomic E-state index is 0.327. The van der Waals surface area contributed by atoms with E-state index in [-0.39, 0.29) is 5.82 Å². The van der Waals surface area contributed by atoms with Crippen LogP contribution >= 0.6 is 0 Å². The molecule has 92 valence electrons. The molecule has 0 amide bonds. The van der Waals surface area contributed by atoms with E-state index in [1.54, 1.807) is 10.9 Å². The van der Waals surface area contributed by atoms with Crippen LogP contribution in [-0.4, -0.2) is 9.78 Å².